The van der Waals surface area contributed by atoms with Crippen LogP contribution in [-0.4, -0.2) is 52.0 Å². The van der Waals surface area contributed by atoms with Crippen molar-refractivity contribution in [2.24, 2.45) is 0 Å². The molecule has 3 heterocycles. The molecule has 0 radical (unpaired) electrons. The van der Waals surface area contributed by atoms with Crippen molar-refractivity contribution in [1.82, 2.24) is 20.1 Å². The number of ether oxygens (including phenoxy) is 1. The van der Waals surface area contributed by atoms with Crippen LogP contribution < -0.4 is 10.6 Å². The third kappa shape index (κ3) is 4.84. The second-order valence-corrected chi connectivity index (χ2v) is 8.72. The Kier molecular flexibility index (Phi) is 7.48. The minimum atomic E-state index is -0.563. The molecule has 0 saturated carbocycles. The van der Waals surface area contributed by atoms with Gasteiger partial charge in [0.15, 0.2) is 5.16 Å². The fourth-order valence-corrected chi connectivity index (χ4v) is 5.18. The summed E-state index contributed by atoms with van der Waals surface area (Å²) in [6.07, 6.45) is 4.24. The van der Waals surface area contributed by atoms with Crippen LogP contribution in [0.1, 0.15) is 57.6 Å². The summed E-state index contributed by atoms with van der Waals surface area (Å²) in [5.74, 6) is -0.0892. The lowest BCUT2D eigenvalue weighted by Gasteiger charge is -2.08. The highest BCUT2D eigenvalue weighted by Crippen LogP contribution is 2.34. The van der Waals surface area contributed by atoms with Crippen molar-refractivity contribution >= 4 is 45.9 Å². The molecule has 11 heteroatoms. The van der Waals surface area contributed by atoms with Crippen LogP contribution in [0.3, 0.4) is 0 Å². The van der Waals surface area contributed by atoms with Crippen molar-refractivity contribution in [3.05, 3.63) is 21.8 Å². The maximum absolute atomic E-state index is 12.6. The lowest BCUT2D eigenvalue weighted by molar-refractivity contribution is -0.113. The zero-order valence-electron chi connectivity index (χ0n) is 17.2. The van der Waals surface area contributed by atoms with Crippen LogP contribution in [0.25, 0.3) is 0 Å². The molecule has 1 aliphatic rings. The molecule has 0 saturated heterocycles. The first kappa shape index (κ1) is 22.3. The second-order valence-electron chi connectivity index (χ2n) is 6.76. The highest BCUT2D eigenvalue weighted by Gasteiger charge is 2.26. The zero-order valence-corrected chi connectivity index (χ0v) is 18.9. The first-order chi connectivity index (χ1) is 14.5. The Bertz CT molecular complexity index is 953. The molecule has 0 atom stereocenters. The quantitative estimate of drug-likeness (QED) is 0.491. The Labute approximate surface area is 183 Å². The van der Waals surface area contributed by atoms with Gasteiger partial charge >= 0.3 is 5.97 Å². The van der Waals surface area contributed by atoms with Gasteiger partial charge in [-0.25, -0.2) is 4.79 Å². The van der Waals surface area contributed by atoms with E-state index in [9.17, 15) is 14.4 Å². The Morgan fingerprint density at radius 1 is 1.23 bits per heavy atom. The van der Waals surface area contributed by atoms with Crippen molar-refractivity contribution in [1.29, 1.82) is 0 Å². The number of fused-ring (bicyclic) bond motifs is 1. The van der Waals surface area contributed by atoms with Gasteiger partial charge < -0.3 is 19.9 Å². The molecule has 0 fully saturated rings. The van der Waals surface area contributed by atoms with E-state index in [1.54, 1.807) is 13.8 Å². The summed E-state index contributed by atoms with van der Waals surface area (Å²) in [6.45, 7) is 4.43. The number of nitrogens with zero attached hydrogens (tertiary/aromatic N) is 3. The van der Waals surface area contributed by atoms with Gasteiger partial charge in [0.05, 0.1) is 22.8 Å². The summed E-state index contributed by atoms with van der Waals surface area (Å²) in [4.78, 5) is 37.5. The Hall–Kier alpha value is -2.40. The van der Waals surface area contributed by atoms with Gasteiger partial charge in [-0.3, -0.25) is 9.59 Å². The van der Waals surface area contributed by atoms with Gasteiger partial charge in [0, 0.05) is 20.0 Å². The molecular formula is C19H25N5O4S2. The fraction of sp³-hybridized carbons (Fsp3) is 0.526. The lowest BCUT2D eigenvalue weighted by Crippen LogP contribution is -2.18. The first-order valence-corrected chi connectivity index (χ1v) is 11.6. The predicted molar refractivity (Wildman–Crippen MR) is 115 cm³/mol. The van der Waals surface area contributed by atoms with Gasteiger partial charge in [-0.1, -0.05) is 18.2 Å². The van der Waals surface area contributed by atoms with E-state index in [1.165, 1.54) is 18.8 Å². The smallest absolute Gasteiger partial charge is 0.341 e. The number of carbonyl (C=O) groups excluding carboxylic acids is 3. The predicted octanol–water partition coefficient (Wildman–Crippen LogP) is 2.64. The van der Waals surface area contributed by atoms with E-state index in [0.29, 0.717) is 15.4 Å². The van der Waals surface area contributed by atoms with E-state index >= 15 is 0 Å². The molecule has 2 aromatic heterocycles. The minimum absolute atomic E-state index is 0.118. The zero-order chi connectivity index (χ0) is 21.7. The lowest BCUT2D eigenvalue weighted by atomic mass is 10.1. The Balaban J connectivity index is 1.74. The average Bonchev–Trinajstić information content (AvgIpc) is 3.16. The monoisotopic (exact) mass is 451 g/mol. The van der Waals surface area contributed by atoms with Crippen molar-refractivity contribution in [2.45, 2.75) is 51.2 Å². The van der Waals surface area contributed by atoms with Crippen molar-refractivity contribution in [3.63, 3.8) is 0 Å². The number of nitrogens with one attached hydrogen (secondary N) is 2. The number of aryl methyl sites for hydroxylation is 1. The third-order valence-electron chi connectivity index (χ3n) is 4.72. The van der Waals surface area contributed by atoms with Crippen molar-refractivity contribution in [3.8, 4) is 0 Å². The van der Waals surface area contributed by atoms with Crippen LogP contribution in [0.5, 0.6) is 0 Å². The van der Waals surface area contributed by atoms with Crippen LogP contribution in [0, 0.1) is 6.92 Å². The SMILES string of the molecule is CCOC(=O)c1c(NC(=O)CSc2nnc3n2CCCCC3)sc(C(=O)NC)c1C. The van der Waals surface area contributed by atoms with E-state index < -0.39 is 5.97 Å². The van der Waals surface area contributed by atoms with E-state index in [2.05, 4.69) is 25.4 Å². The maximum atomic E-state index is 12.6. The summed E-state index contributed by atoms with van der Waals surface area (Å²) in [5, 5.41) is 14.8. The van der Waals surface area contributed by atoms with Gasteiger partial charge in [-0.2, -0.15) is 0 Å². The summed E-state index contributed by atoms with van der Waals surface area (Å²) in [5.41, 5.74) is 0.707. The number of thioether (sulfide) groups is 1. The molecular weight excluding hydrogens is 426 g/mol. The maximum Gasteiger partial charge on any atom is 0.341 e. The molecule has 30 heavy (non-hydrogen) atoms. The average molecular weight is 452 g/mol. The minimum Gasteiger partial charge on any atom is -0.462 e. The molecule has 2 amide bonds. The van der Waals surface area contributed by atoms with Crippen LogP contribution in [0.2, 0.25) is 0 Å². The molecule has 0 aromatic carbocycles. The van der Waals surface area contributed by atoms with Crippen LogP contribution >= 0.6 is 23.1 Å². The van der Waals surface area contributed by atoms with Gasteiger partial charge in [-0.15, -0.1) is 21.5 Å². The molecule has 0 aliphatic carbocycles. The molecule has 0 bridgehead atoms. The number of carbonyl (C=O) groups is 3. The second kappa shape index (κ2) is 10.1. The number of anilines is 1. The van der Waals surface area contributed by atoms with Gasteiger partial charge in [0.1, 0.15) is 10.8 Å². The molecule has 2 N–H and O–H groups in total. The molecule has 0 spiro atoms. The molecule has 9 nitrogen and oxygen atoms in total. The highest BCUT2D eigenvalue weighted by atomic mass is 32.2. The van der Waals surface area contributed by atoms with Gasteiger partial charge in [0.25, 0.3) is 5.91 Å². The molecule has 0 unspecified atom stereocenters. The Morgan fingerprint density at radius 3 is 2.77 bits per heavy atom. The van der Waals surface area contributed by atoms with E-state index in [4.69, 9.17) is 4.74 Å². The largest absolute Gasteiger partial charge is 0.462 e. The van der Waals surface area contributed by atoms with Crippen LogP contribution in [0.15, 0.2) is 5.16 Å². The summed E-state index contributed by atoms with van der Waals surface area (Å²) < 4.78 is 7.19. The first-order valence-electron chi connectivity index (χ1n) is 9.83. The molecule has 162 valence electrons. The number of esters is 1. The number of aromatic nitrogens is 3. The van der Waals surface area contributed by atoms with Crippen LogP contribution in [0.4, 0.5) is 5.00 Å². The number of rotatable bonds is 7. The normalized spacial score (nSPS) is 13.3. The summed E-state index contributed by atoms with van der Waals surface area (Å²) >= 11 is 2.37. The highest BCUT2D eigenvalue weighted by molar-refractivity contribution is 7.99. The molecule has 3 rings (SSSR count). The van der Waals surface area contributed by atoms with Crippen LogP contribution in [-0.2, 0) is 22.5 Å². The van der Waals surface area contributed by atoms with Gasteiger partial charge in [0.2, 0.25) is 5.91 Å². The van der Waals surface area contributed by atoms with E-state index in [-0.39, 0.29) is 29.7 Å². The van der Waals surface area contributed by atoms with Crippen molar-refractivity contribution < 1.29 is 19.1 Å². The fourth-order valence-electron chi connectivity index (χ4n) is 3.24. The summed E-state index contributed by atoms with van der Waals surface area (Å²) in [7, 11) is 1.52. The third-order valence-corrected chi connectivity index (χ3v) is 6.89. The number of hydrogen-bond acceptors (Lipinski definition) is 8. The standard InChI is InChI=1S/C19H25N5O4S2/c1-4-28-18(27)14-11(2)15(16(26)20-3)30-17(14)21-13(25)10-29-19-23-22-12-8-6-5-7-9-24(12)19/h4-10H2,1-3H3,(H,20,26)(H,21,25). The number of amides is 2. The van der Waals surface area contributed by atoms with E-state index in [1.807, 2.05) is 0 Å². The topological polar surface area (TPSA) is 115 Å². The molecule has 2 aromatic rings. The molecule has 1 aliphatic heterocycles. The number of thiophene rings is 1. The van der Waals surface area contributed by atoms with E-state index in [0.717, 1.165) is 54.5 Å². The Morgan fingerprint density at radius 2 is 2.03 bits per heavy atom. The summed E-state index contributed by atoms with van der Waals surface area (Å²) in [6, 6.07) is 0. The number of hydrogen-bond donors (Lipinski definition) is 2. The van der Waals surface area contributed by atoms with Gasteiger partial charge in [-0.05, 0) is 32.3 Å². The van der Waals surface area contributed by atoms with Crippen molar-refractivity contribution in [2.75, 3.05) is 24.7 Å².